The summed E-state index contributed by atoms with van der Waals surface area (Å²) in [5.41, 5.74) is 3.37. The molecule has 0 aromatic carbocycles. The van der Waals surface area contributed by atoms with Gasteiger partial charge < -0.3 is 5.32 Å². The normalized spacial score (nSPS) is 23.9. The van der Waals surface area contributed by atoms with Crippen LogP contribution in [0.3, 0.4) is 0 Å². The van der Waals surface area contributed by atoms with Crippen molar-refractivity contribution < 1.29 is 4.79 Å². The minimum Gasteiger partial charge on any atom is -0.353 e. The number of nitrogens with one attached hydrogen (secondary N) is 2. The second kappa shape index (κ2) is 5.36. The molecule has 0 radical (unpaired) electrons. The van der Waals surface area contributed by atoms with E-state index in [1.807, 2.05) is 7.05 Å². The highest BCUT2D eigenvalue weighted by atomic mass is 16.1. The molecule has 0 atom stereocenters. The highest BCUT2D eigenvalue weighted by Gasteiger charge is 2.45. The van der Waals surface area contributed by atoms with Crippen molar-refractivity contribution in [2.75, 3.05) is 7.05 Å². The first-order valence-electron chi connectivity index (χ1n) is 5.94. The van der Waals surface area contributed by atoms with Crippen molar-refractivity contribution in [2.24, 2.45) is 0 Å². The SMILES string of the molecule is C.CNN1C(C)(C)CC(NC(C)=O)CC1(C)C. The number of carbonyl (C=O) groups excluding carboxylic acids is 1. The fourth-order valence-electron chi connectivity index (χ4n) is 3.27. The first kappa shape index (κ1) is 16.4. The van der Waals surface area contributed by atoms with Crippen molar-refractivity contribution >= 4 is 5.91 Å². The Labute approximate surface area is 106 Å². The van der Waals surface area contributed by atoms with Crippen molar-refractivity contribution in [3.05, 3.63) is 0 Å². The Bertz CT molecular complexity index is 256. The Kier molecular flexibility index (Phi) is 5.16. The second-order valence-corrected chi connectivity index (χ2v) is 5.99. The molecule has 0 aromatic rings. The number of hydrogen-bond acceptors (Lipinski definition) is 3. The lowest BCUT2D eigenvalue weighted by molar-refractivity contribution is -0.122. The second-order valence-electron chi connectivity index (χ2n) is 5.99. The van der Waals surface area contributed by atoms with Gasteiger partial charge in [-0.3, -0.25) is 10.2 Å². The number of nitrogens with zero attached hydrogens (tertiary/aromatic N) is 1. The maximum atomic E-state index is 11.1. The third-order valence-corrected chi connectivity index (χ3v) is 3.33. The Morgan fingerprint density at radius 1 is 1.18 bits per heavy atom. The summed E-state index contributed by atoms with van der Waals surface area (Å²) in [7, 11) is 1.96. The fraction of sp³-hybridized carbons (Fsp3) is 0.923. The van der Waals surface area contributed by atoms with E-state index in [2.05, 4.69) is 43.4 Å². The quantitative estimate of drug-likeness (QED) is 0.779. The van der Waals surface area contributed by atoms with Crippen LogP contribution in [0.25, 0.3) is 0 Å². The lowest BCUT2D eigenvalue weighted by Gasteiger charge is -2.54. The molecule has 1 saturated heterocycles. The lowest BCUT2D eigenvalue weighted by atomic mass is 9.78. The number of carbonyl (C=O) groups is 1. The van der Waals surface area contributed by atoms with Crippen molar-refractivity contribution in [1.82, 2.24) is 15.8 Å². The summed E-state index contributed by atoms with van der Waals surface area (Å²) in [4.78, 5) is 11.1. The maximum Gasteiger partial charge on any atom is 0.217 e. The Balaban J connectivity index is 0.00000256. The zero-order chi connectivity index (χ0) is 12.6. The molecule has 1 aliphatic rings. The van der Waals surface area contributed by atoms with Gasteiger partial charge in [0, 0.05) is 24.0 Å². The number of piperidine rings is 1. The molecule has 0 saturated carbocycles. The monoisotopic (exact) mass is 243 g/mol. The van der Waals surface area contributed by atoms with Crippen LogP contribution in [0.5, 0.6) is 0 Å². The summed E-state index contributed by atoms with van der Waals surface area (Å²) in [6.45, 7) is 10.4. The fourth-order valence-corrected chi connectivity index (χ4v) is 3.27. The Morgan fingerprint density at radius 3 is 1.88 bits per heavy atom. The van der Waals surface area contributed by atoms with Crippen LogP contribution in [0.15, 0.2) is 0 Å². The average Bonchev–Trinajstić information content (AvgIpc) is 1.97. The molecule has 0 unspecified atom stereocenters. The van der Waals surface area contributed by atoms with Crippen LogP contribution in [0.1, 0.15) is 54.9 Å². The molecule has 1 rings (SSSR count). The van der Waals surface area contributed by atoms with Crippen molar-refractivity contribution in [3.63, 3.8) is 0 Å². The van der Waals surface area contributed by atoms with Gasteiger partial charge in [-0.2, -0.15) is 0 Å². The van der Waals surface area contributed by atoms with Crippen molar-refractivity contribution in [3.8, 4) is 0 Å². The van der Waals surface area contributed by atoms with Crippen LogP contribution in [0.2, 0.25) is 0 Å². The first-order valence-corrected chi connectivity index (χ1v) is 5.94. The van der Waals surface area contributed by atoms with Crippen molar-refractivity contribution in [2.45, 2.75) is 72.0 Å². The highest BCUT2D eigenvalue weighted by molar-refractivity contribution is 5.73. The van der Waals surface area contributed by atoms with E-state index < -0.39 is 0 Å². The van der Waals surface area contributed by atoms with Gasteiger partial charge in [0.25, 0.3) is 0 Å². The third kappa shape index (κ3) is 3.68. The molecule has 2 N–H and O–H groups in total. The molecular weight excluding hydrogens is 214 g/mol. The predicted octanol–water partition coefficient (Wildman–Crippen LogP) is 1.91. The maximum absolute atomic E-state index is 11.1. The van der Waals surface area contributed by atoms with Gasteiger partial charge in [0.05, 0.1) is 0 Å². The van der Waals surface area contributed by atoms with Gasteiger partial charge in [-0.05, 0) is 47.6 Å². The smallest absolute Gasteiger partial charge is 0.217 e. The zero-order valence-electron chi connectivity index (χ0n) is 11.3. The summed E-state index contributed by atoms with van der Waals surface area (Å²) in [6, 6.07) is 0.270. The molecule has 17 heavy (non-hydrogen) atoms. The molecule has 1 amide bonds. The standard InChI is InChI=1S/C12H25N3O.CH4/c1-9(16)14-10-7-11(2,3)15(13-6)12(4,5)8-10;/h10,13H,7-8H2,1-6H3,(H,14,16);1H4. The molecule has 102 valence electrons. The van der Waals surface area contributed by atoms with E-state index in [4.69, 9.17) is 0 Å². The summed E-state index contributed by atoms with van der Waals surface area (Å²) in [5, 5.41) is 5.33. The number of rotatable bonds is 2. The van der Waals surface area contributed by atoms with E-state index in [0.717, 1.165) is 12.8 Å². The Morgan fingerprint density at radius 2 is 1.59 bits per heavy atom. The molecule has 4 heteroatoms. The number of hydrazine groups is 1. The average molecular weight is 243 g/mol. The molecule has 0 bridgehead atoms. The molecule has 0 spiro atoms. The largest absolute Gasteiger partial charge is 0.353 e. The van der Waals surface area contributed by atoms with Crippen LogP contribution >= 0.6 is 0 Å². The van der Waals surface area contributed by atoms with Gasteiger partial charge in [0.1, 0.15) is 0 Å². The van der Waals surface area contributed by atoms with Crippen LogP contribution in [0, 0.1) is 0 Å². The molecule has 1 aliphatic heterocycles. The number of amides is 1. The highest BCUT2D eigenvalue weighted by Crippen LogP contribution is 2.36. The summed E-state index contributed by atoms with van der Waals surface area (Å²) in [6.07, 6.45) is 1.94. The molecule has 1 heterocycles. The van der Waals surface area contributed by atoms with Crippen LogP contribution in [-0.4, -0.2) is 35.1 Å². The lowest BCUT2D eigenvalue weighted by Crippen LogP contribution is -2.67. The van der Waals surface area contributed by atoms with E-state index >= 15 is 0 Å². The van der Waals surface area contributed by atoms with Gasteiger partial charge in [-0.25, -0.2) is 5.01 Å². The molecule has 0 aliphatic carbocycles. The number of hydrogen-bond donors (Lipinski definition) is 2. The van der Waals surface area contributed by atoms with E-state index in [1.165, 1.54) is 0 Å². The molecular formula is C13H29N3O. The van der Waals surface area contributed by atoms with Gasteiger partial charge in [-0.1, -0.05) is 7.43 Å². The van der Waals surface area contributed by atoms with Gasteiger partial charge in [0.15, 0.2) is 0 Å². The summed E-state index contributed by atoms with van der Waals surface area (Å²) in [5.74, 6) is 0.0644. The van der Waals surface area contributed by atoms with E-state index in [0.29, 0.717) is 0 Å². The van der Waals surface area contributed by atoms with Gasteiger partial charge >= 0.3 is 0 Å². The molecule has 4 nitrogen and oxygen atoms in total. The predicted molar refractivity (Wildman–Crippen MR) is 72.6 cm³/mol. The van der Waals surface area contributed by atoms with E-state index in [1.54, 1.807) is 6.92 Å². The van der Waals surface area contributed by atoms with Crippen LogP contribution in [-0.2, 0) is 4.79 Å². The van der Waals surface area contributed by atoms with E-state index in [9.17, 15) is 4.79 Å². The van der Waals surface area contributed by atoms with Crippen molar-refractivity contribution in [1.29, 1.82) is 0 Å². The topological polar surface area (TPSA) is 44.4 Å². The minimum absolute atomic E-state index is 0. The van der Waals surface area contributed by atoms with Crippen LogP contribution < -0.4 is 10.7 Å². The molecule has 1 fully saturated rings. The van der Waals surface area contributed by atoms with Gasteiger partial charge in [-0.15, -0.1) is 0 Å². The van der Waals surface area contributed by atoms with Gasteiger partial charge in [0.2, 0.25) is 5.91 Å². The summed E-state index contributed by atoms with van der Waals surface area (Å²) >= 11 is 0. The first-order chi connectivity index (χ1) is 7.19. The minimum atomic E-state index is 0. The van der Waals surface area contributed by atoms with E-state index in [-0.39, 0.29) is 30.5 Å². The third-order valence-electron chi connectivity index (χ3n) is 3.33. The Hall–Kier alpha value is -0.610. The molecule has 0 aromatic heterocycles. The van der Waals surface area contributed by atoms with Crippen LogP contribution in [0.4, 0.5) is 0 Å². The zero-order valence-corrected chi connectivity index (χ0v) is 11.3. The summed E-state index contributed by atoms with van der Waals surface area (Å²) < 4.78 is 0.